The second kappa shape index (κ2) is 15.2. The number of halogens is 2. The van der Waals surface area contributed by atoms with Gasteiger partial charge in [0.25, 0.3) is 0 Å². The number of nitrogens with one attached hydrogen (secondary N) is 3. The number of hydrogen-bond acceptors (Lipinski definition) is 5. The third kappa shape index (κ3) is 9.75. The normalized spacial score (nSPS) is 14.3. The van der Waals surface area contributed by atoms with Crippen molar-refractivity contribution in [1.29, 1.82) is 0 Å². The van der Waals surface area contributed by atoms with Crippen LogP contribution in [0.2, 0.25) is 0 Å². The molecule has 12 heteroatoms. The second-order valence-corrected chi connectivity index (χ2v) is 8.45. The molecular formula is C23H36Cl2N8O2. The summed E-state index contributed by atoms with van der Waals surface area (Å²) in [4.78, 5) is 37.2. The van der Waals surface area contributed by atoms with E-state index in [9.17, 15) is 9.59 Å². The summed E-state index contributed by atoms with van der Waals surface area (Å²) in [6, 6.07) is 8.02. The van der Waals surface area contributed by atoms with Crippen molar-refractivity contribution >= 4 is 42.6 Å². The summed E-state index contributed by atoms with van der Waals surface area (Å²) < 4.78 is 0. The first-order chi connectivity index (χ1) is 15.9. The van der Waals surface area contributed by atoms with Crippen molar-refractivity contribution in [3.05, 3.63) is 53.6 Å². The van der Waals surface area contributed by atoms with Crippen LogP contribution < -0.4 is 27.8 Å². The third-order valence-corrected chi connectivity index (χ3v) is 5.80. The van der Waals surface area contributed by atoms with E-state index in [2.05, 4.69) is 25.6 Å². The number of carbonyl (C=O) groups excluding carboxylic acids is 2. The minimum Gasteiger partial charge on any atom is -0.370 e. The van der Waals surface area contributed by atoms with Crippen LogP contribution in [-0.4, -0.2) is 46.4 Å². The number of imidazole rings is 1. The average Bonchev–Trinajstić information content (AvgIpc) is 3.20. The van der Waals surface area contributed by atoms with E-state index in [4.69, 9.17) is 17.2 Å². The van der Waals surface area contributed by atoms with Gasteiger partial charge in [-0.1, -0.05) is 36.8 Å². The predicted octanol–water partition coefficient (Wildman–Crippen LogP) is 1.25. The number of carbonyl (C=O) groups is 2. The van der Waals surface area contributed by atoms with Gasteiger partial charge in [-0.25, -0.2) is 4.98 Å². The van der Waals surface area contributed by atoms with E-state index in [0.29, 0.717) is 38.3 Å². The summed E-state index contributed by atoms with van der Waals surface area (Å²) >= 11 is 0. The van der Waals surface area contributed by atoms with Crippen LogP contribution in [0.3, 0.4) is 0 Å². The Hall–Kier alpha value is -2.82. The van der Waals surface area contributed by atoms with Crippen molar-refractivity contribution in [3.8, 4) is 0 Å². The Bertz CT molecular complexity index is 946. The lowest BCUT2D eigenvalue weighted by Gasteiger charge is -2.23. The van der Waals surface area contributed by atoms with Gasteiger partial charge in [-0.2, -0.15) is 0 Å². The molecule has 0 aliphatic heterocycles. The smallest absolute Gasteiger partial charge is 0.242 e. The van der Waals surface area contributed by atoms with Gasteiger partial charge in [0, 0.05) is 37.3 Å². The van der Waals surface area contributed by atoms with Crippen molar-refractivity contribution in [3.63, 3.8) is 0 Å². The highest BCUT2D eigenvalue weighted by molar-refractivity contribution is 5.89. The summed E-state index contributed by atoms with van der Waals surface area (Å²) in [6.07, 6.45) is 6.46. The van der Waals surface area contributed by atoms with Gasteiger partial charge in [-0.05, 0) is 31.2 Å². The summed E-state index contributed by atoms with van der Waals surface area (Å²) in [5.74, 6) is 0.759. The number of aromatic nitrogens is 2. The number of hydrogen-bond donors (Lipinski definition) is 6. The van der Waals surface area contributed by atoms with Gasteiger partial charge in [0.1, 0.15) is 11.9 Å². The fourth-order valence-electron chi connectivity index (χ4n) is 3.66. The number of nitrogens with two attached hydrogens (primary N) is 3. The van der Waals surface area contributed by atoms with Crippen LogP contribution >= 0.6 is 24.8 Å². The molecule has 0 radical (unpaired) electrons. The van der Waals surface area contributed by atoms with Gasteiger partial charge in [0.15, 0.2) is 5.96 Å². The minimum absolute atomic E-state index is 0. The Labute approximate surface area is 218 Å². The molecule has 9 N–H and O–H groups in total. The van der Waals surface area contributed by atoms with Crippen LogP contribution in [0.25, 0.3) is 0 Å². The molecule has 1 heterocycles. The predicted molar refractivity (Wildman–Crippen MR) is 141 cm³/mol. The van der Waals surface area contributed by atoms with E-state index < -0.39 is 18.0 Å². The number of rotatable bonds is 12. The van der Waals surface area contributed by atoms with E-state index >= 15 is 0 Å². The SMILES string of the molecule is Cl.Cl.NC(N)=NCCC[C@H](NC(=O)[C@@H](N)Cc1cnc(C2CCC2)[nH]1)C(=O)NCc1ccccc1. The molecule has 1 aromatic heterocycles. The molecule has 0 bridgehead atoms. The monoisotopic (exact) mass is 526 g/mol. The zero-order chi connectivity index (χ0) is 23.6. The van der Waals surface area contributed by atoms with Crippen LogP contribution in [-0.2, 0) is 22.6 Å². The lowest BCUT2D eigenvalue weighted by Crippen LogP contribution is -2.52. The zero-order valence-corrected chi connectivity index (χ0v) is 21.2. The molecule has 2 atom stereocenters. The molecule has 0 saturated heterocycles. The van der Waals surface area contributed by atoms with Crippen molar-refractivity contribution in [1.82, 2.24) is 20.6 Å². The molecule has 35 heavy (non-hydrogen) atoms. The molecule has 0 unspecified atom stereocenters. The number of aromatic amines is 1. The van der Waals surface area contributed by atoms with Crippen LogP contribution in [0.4, 0.5) is 0 Å². The van der Waals surface area contributed by atoms with Crippen molar-refractivity contribution in [2.24, 2.45) is 22.2 Å². The Balaban J connectivity index is 0.00000306. The Morgan fingerprint density at radius 2 is 1.86 bits per heavy atom. The highest BCUT2D eigenvalue weighted by atomic mass is 35.5. The fourth-order valence-corrected chi connectivity index (χ4v) is 3.66. The molecular weight excluding hydrogens is 491 g/mol. The number of benzene rings is 1. The molecule has 1 aliphatic carbocycles. The van der Waals surface area contributed by atoms with E-state index in [1.807, 2.05) is 30.3 Å². The maximum atomic E-state index is 12.8. The molecule has 194 valence electrons. The summed E-state index contributed by atoms with van der Waals surface area (Å²) in [5.41, 5.74) is 18.7. The molecule has 3 rings (SSSR count). The zero-order valence-electron chi connectivity index (χ0n) is 19.6. The van der Waals surface area contributed by atoms with Crippen molar-refractivity contribution in [2.75, 3.05) is 6.54 Å². The molecule has 1 fully saturated rings. The Morgan fingerprint density at radius 3 is 2.49 bits per heavy atom. The fraction of sp³-hybridized carbons (Fsp3) is 0.478. The number of amides is 2. The lowest BCUT2D eigenvalue weighted by molar-refractivity contribution is -0.129. The molecule has 1 aliphatic rings. The van der Waals surface area contributed by atoms with Gasteiger partial charge in [0.2, 0.25) is 11.8 Å². The van der Waals surface area contributed by atoms with Crippen LogP contribution in [0.15, 0.2) is 41.5 Å². The first kappa shape index (κ1) is 30.2. The maximum absolute atomic E-state index is 12.8. The highest BCUT2D eigenvalue weighted by Gasteiger charge is 2.25. The number of aliphatic imine (C=N–C) groups is 1. The van der Waals surface area contributed by atoms with E-state index in [1.54, 1.807) is 6.20 Å². The van der Waals surface area contributed by atoms with Crippen LogP contribution in [0, 0.1) is 0 Å². The minimum atomic E-state index is -0.804. The summed E-state index contributed by atoms with van der Waals surface area (Å²) in [6.45, 7) is 0.731. The average molecular weight is 528 g/mol. The third-order valence-electron chi connectivity index (χ3n) is 5.80. The summed E-state index contributed by atoms with van der Waals surface area (Å²) in [7, 11) is 0. The van der Waals surface area contributed by atoms with Gasteiger partial charge in [-0.15, -0.1) is 24.8 Å². The number of guanidine groups is 1. The number of H-pyrrole nitrogens is 1. The van der Waals surface area contributed by atoms with Gasteiger partial charge >= 0.3 is 0 Å². The topological polar surface area (TPSA) is 177 Å². The molecule has 1 aromatic carbocycles. The Kier molecular flexibility index (Phi) is 13.1. The summed E-state index contributed by atoms with van der Waals surface area (Å²) in [5, 5.41) is 5.67. The molecule has 10 nitrogen and oxygen atoms in total. The molecule has 2 amide bonds. The second-order valence-electron chi connectivity index (χ2n) is 8.45. The molecule has 2 aromatic rings. The van der Waals surface area contributed by atoms with Crippen molar-refractivity contribution < 1.29 is 9.59 Å². The van der Waals surface area contributed by atoms with Crippen LogP contribution in [0.1, 0.15) is 55.1 Å². The first-order valence-electron chi connectivity index (χ1n) is 11.4. The van der Waals surface area contributed by atoms with E-state index in [1.165, 1.54) is 6.42 Å². The first-order valence-corrected chi connectivity index (χ1v) is 11.4. The van der Waals surface area contributed by atoms with Gasteiger partial charge < -0.3 is 32.8 Å². The van der Waals surface area contributed by atoms with Crippen LogP contribution in [0.5, 0.6) is 0 Å². The molecule has 1 saturated carbocycles. The number of nitrogens with zero attached hydrogens (tertiary/aromatic N) is 2. The largest absolute Gasteiger partial charge is 0.370 e. The lowest BCUT2D eigenvalue weighted by atomic mass is 9.85. The Morgan fingerprint density at radius 1 is 1.14 bits per heavy atom. The van der Waals surface area contributed by atoms with E-state index in [0.717, 1.165) is 29.9 Å². The highest BCUT2D eigenvalue weighted by Crippen LogP contribution is 2.34. The quantitative estimate of drug-likeness (QED) is 0.137. The maximum Gasteiger partial charge on any atom is 0.242 e. The van der Waals surface area contributed by atoms with Crippen molar-refractivity contribution in [2.45, 2.75) is 63.1 Å². The van der Waals surface area contributed by atoms with Gasteiger partial charge in [-0.3, -0.25) is 14.6 Å². The van der Waals surface area contributed by atoms with Gasteiger partial charge in [0.05, 0.1) is 6.04 Å². The molecule has 0 spiro atoms. The van der Waals surface area contributed by atoms with E-state index in [-0.39, 0.29) is 36.7 Å². The standard InChI is InChI=1S/C23H34N8O2.2ClH/c24-18(12-17-14-28-20(30-17)16-8-4-9-16)21(32)31-19(10-5-11-27-23(25)26)22(33)29-13-15-6-2-1-3-7-15;;/h1-3,6-7,14,16,18-19H,4-5,8-13,24H2,(H,28,30)(H,29,33)(H,31,32)(H4,25,26,27);2*1H/t18-,19-;;/m0../s1.